The van der Waals surface area contributed by atoms with Gasteiger partial charge in [-0.05, 0) is 24.6 Å². The van der Waals surface area contributed by atoms with Crippen LogP contribution in [0.2, 0.25) is 0 Å². The zero-order valence-electron chi connectivity index (χ0n) is 12.3. The van der Waals surface area contributed by atoms with Crippen molar-refractivity contribution in [1.29, 1.82) is 5.26 Å². The third kappa shape index (κ3) is 3.83. The quantitative estimate of drug-likeness (QED) is 0.639. The highest BCUT2D eigenvalue weighted by molar-refractivity contribution is 7.79. The van der Waals surface area contributed by atoms with E-state index in [9.17, 15) is 23.2 Å². The van der Waals surface area contributed by atoms with E-state index in [0.717, 1.165) is 0 Å². The fourth-order valence-electron chi connectivity index (χ4n) is 2.21. The van der Waals surface area contributed by atoms with Gasteiger partial charge >= 0.3 is 12.1 Å². The third-order valence-corrected chi connectivity index (χ3v) is 3.47. The lowest BCUT2D eigenvalue weighted by Crippen LogP contribution is -2.37. The summed E-state index contributed by atoms with van der Waals surface area (Å²) in [6.45, 7) is 0.102. The Bertz CT molecular complexity index is 773. The zero-order valence-corrected chi connectivity index (χ0v) is 13.1. The van der Waals surface area contributed by atoms with Crippen molar-refractivity contribution >= 4 is 23.5 Å². The molecule has 1 N–H and O–H groups in total. The molecule has 0 saturated heterocycles. The van der Waals surface area contributed by atoms with Gasteiger partial charge in [0.25, 0.3) is 0 Å². The van der Waals surface area contributed by atoms with Gasteiger partial charge in [-0.2, -0.15) is 18.4 Å². The SMILES string of the molecule is N#Cc1cc(C=S)n(CCCNC(=O)C(F)(F)F)c1-c1ccco1. The number of nitrogens with zero attached hydrogens (tertiary/aromatic N) is 2. The highest BCUT2D eigenvalue weighted by Crippen LogP contribution is 2.27. The fraction of sp³-hybridized carbons (Fsp3) is 0.267. The van der Waals surface area contributed by atoms with E-state index in [0.29, 0.717) is 22.7 Å². The van der Waals surface area contributed by atoms with Crippen LogP contribution in [0.15, 0.2) is 28.9 Å². The number of aromatic nitrogens is 1. The molecule has 0 saturated carbocycles. The van der Waals surface area contributed by atoms with Gasteiger partial charge in [-0.1, -0.05) is 12.2 Å². The molecule has 0 unspecified atom stereocenters. The van der Waals surface area contributed by atoms with Gasteiger partial charge in [-0.25, -0.2) is 0 Å². The molecular weight excluding hydrogens is 343 g/mol. The molecule has 2 rings (SSSR count). The highest BCUT2D eigenvalue weighted by atomic mass is 32.1. The molecule has 24 heavy (non-hydrogen) atoms. The number of furan rings is 1. The van der Waals surface area contributed by atoms with E-state index in [1.807, 2.05) is 6.07 Å². The zero-order chi connectivity index (χ0) is 17.7. The number of nitrogens with one attached hydrogen (secondary N) is 1. The van der Waals surface area contributed by atoms with E-state index in [1.54, 1.807) is 28.1 Å². The summed E-state index contributed by atoms with van der Waals surface area (Å²) >= 11 is 4.92. The number of carbonyl (C=O) groups excluding carboxylic acids is 1. The minimum absolute atomic E-state index is 0.160. The van der Waals surface area contributed by atoms with Crippen molar-refractivity contribution < 1.29 is 22.4 Å². The number of alkyl halides is 3. The topological polar surface area (TPSA) is 71.0 Å². The van der Waals surface area contributed by atoms with Crippen LogP contribution in [-0.4, -0.2) is 28.6 Å². The first-order valence-electron chi connectivity index (χ1n) is 6.86. The summed E-state index contributed by atoms with van der Waals surface area (Å²) in [5.41, 5.74) is 1.41. The summed E-state index contributed by atoms with van der Waals surface area (Å²) in [6.07, 6.45) is -3.22. The average molecular weight is 355 g/mol. The lowest BCUT2D eigenvalue weighted by atomic mass is 10.2. The molecule has 0 atom stereocenters. The van der Waals surface area contributed by atoms with Crippen LogP contribution in [0.5, 0.6) is 0 Å². The molecule has 0 aliphatic rings. The third-order valence-electron chi connectivity index (χ3n) is 3.23. The molecule has 0 spiro atoms. The maximum atomic E-state index is 12.1. The van der Waals surface area contributed by atoms with Crippen LogP contribution in [0, 0.1) is 11.3 Å². The first kappa shape index (κ1) is 17.7. The molecule has 2 aromatic heterocycles. The standard InChI is InChI=1S/C15H12F3N3O2S/c16-15(17,18)14(22)20-4-2-5-21-11(9-24)7-10(8-19)13(21)12-3-1-6-23-12/h1,3,6-7,9H,2,4-5H2,(H,20,22). The van der Waals surface area contributed by atoms with Crippen molar-refractivity contribution in [3.05, 3.63) is 35.7 Å². The minimum atomic E-state index is -4.90. The van der Waals surface area contributed by atoms with E-state index in [1.165, 1.54) is 11.6 Å². The van der Waals surface area contributed by atoms with Crippen LogP contribution in [0.1, 0.15) is 17.7 Å². The molecule has 0 radical (unpaired) electrons. The number of rotatable bonds is 6. The van der Waals surface area contributed by atoms with Crippen LogP contribution >= 0.6 is 12.2 Å². The molecular formula is C15H12F3N3O2S. The second kappa shape index (κ2) is 7.31. The van der Waals surface area contributed by atoms with Gasteiger partial charge in [0, 0.05) is 18.5 Å². The van der Waals surface area contributed by atoms with E-state index < -0.39 is 12.1 Å². The van der Waals surface area contributed by atoms with Gasteiger partial charge in [0.15, 0.2) is 5.76 Å². The molecule has 5 nitrogen and oxygen atoms in total. The van der Waals surface area contributed by atoms with E-state index in [2.05, 4.69) is 0 Å². The van der Waals surface area contributed by atoms with Gasteiger partial charge in [-0.15, -0.1) is 0 Å². The number of carbonyl (C=O) groups is 1. The molecule has 0 fully saturated rings. The number of hydrogen-bond acceptors (Lipinski definition) is 4. The van der Waals surface area contributed by atoms with E-state index in [-0.39, 0.29) is 19.5 Å². The Kier molecular flexibility index (Phi) is 5.41. The maximum absolute atomic E-state index is 12.1. The van der Waals surface area contributed by atoms with Gasteiger partial charge < -0.3 is 14.3 Å². The van der Waals surface area contributed by atoms with Gasteiger partial charge in [0.2, 0.25) is 0 Å². The first-order chi connectivity index (χ1) is 11.4. The summed E-state index contributed by atoms with van der Waals surface area (Å²) in [6, 6.07) is 6.96. The highest BCUT2D eigenvalue weighted by Gasteiger charge is 2.38. The number of amides is 1. The predicted octanol–water partition coefficient (Wildman–Crippen LogP) is 3.04. The van der Waals surface area contributed by atoms with Crippen molar-refractivity contribution in [2.75, 3.05) is 6.54 Å². The molecule has 2 heterocycles. The molecule has 0 bridgehead atoms. The molecule has 0 aliphatic heterocycles. The van der Waals surface area contributed by atoms with Gasteiger partial charge in [-0.3, -0.25) is 4.79 Å². The van der Waals surface area contributed by atoms with Crippen LogP contribution in [-0.2, 0) is 11.3 Å². The summed E-state index contributed by atoms with van der Waals surface area (Å²) in [7, 11) is 0. The molecule has 126 valence electrons. The molecule has 0 aromatic carbocycles. The summed E-state index contributed by atoms with van der Waals surface area (Å²) in [5, 5.41) is 12.4. The molecule has 9 heteroatoms. The van der Waals surface area contributed by atoms with Crippen LogP contribution in [0.4, 0.5) is 13.2 Å². The Hall–Kier alpha value is -2.60. The second-order valence-electron chi connectivity index (χ2n) is 4.80. The molecule has 0 aliphatic carbocycles. The van der Waals surface area contributed by atoms with E-state index >= 15 is 0 Å². The monoisotopic (exact) mass is 355 g/mol. The Morgan fingerprint density at radius 2 is 2.25 bits per heavy atom. The Morgan fingerprint density at radius 3 is 2.79 bits per heavy atom. The molecule has 2 aromatic rings. The Labute approximate surface area is 140 Å². The lowest BCUT2D eigenvalue weighted by molar-refractivity contribution is -0.173. The van der Waals surface area contributed by atoms with Gasteiger partial charge in [0.1, 0.15) is 11.8 Å². The normalized spacial score (nSPS) is 11.1. The summed E-state index contributed by atoms with van der Waals surface area (Å²) in [5.74, 6) is -1.52. The summed E-state index contributed by atoms with van der Waals surface area (Å²) < 4.78 is 43.4. The van der Waals surface area contributed by atoms with Crippen molar-refractivity contribution in [2.45, 2.75) is 19.1 Å². The second-order valence-corrected chi connectivity index (χ2v) is 5.03. The van der Waals surface area contributed by atoms with Crippen molar-refractivity contribution in [1.82, 2.24) is 9.88 Å². The smallest absolute Gasteiger partial charge is 0.463 e. The number of nitriles is 1. The van der Waals surface area contributed by atoms with Crippen LogP contribution < -0.4 is 5.32 Å². The van der Waals surface area contributed by atoms with Crippen molar-refractivity contribution in [3.63, 3.8) is 0 Å². The molecule has 1 amide bonds. The number of thiocarbonyl (C=S) groups is 1. The van der Waals surface area contributed by atoms with Gasteiger partial charge in [0.05, 0.1) is 17.5 Å². The Balaban J connectivity index is 2.15. The van der Waals surface area contributed by atoms with E-state index in [4.69, 9.17) is 16.6 Å². The van der Waals surface area contributed by atoms with Crippen molar-refractivity contribution in [2.24, 2.45) is 0 Å². The largest absolute Gasteiger partial charge is 0.471 e. The van der Waals surface area contributed by atoms with Crippen LogP contribution in [0.25, 0.3) is 11.5 Å². The Morgan fingerprint density at radius 1 is 1.50 bits per heavy atom. The minimum Gasteiger partial charge on any atom is -0.463 e. The maximum Gasteiger partial charge on any atom is 0.471 e. The number of hydrogen-bond donors (Lipinski definition) is 1. The first-order valence-corrected chi connectivity index (χ1v) is 7.33. The fourth-order valence-corrected chi connectivity index (χ4v) is 2.41. The average Bonchev–Trinajstić information content (AvgIpc) is 3.16. The number of halogens is 3. The van der Waals surface area contributed by atoms with Crippen molar-refractivity contribution in [3.8, 4) is 17.5 Å². The predicted molar refractivity (Wildman–Crippen MR) is 83.3 cm³/mol. The lowest BCUT2D eigenvalue weighted by Gasteiger charge is -2.12. The summed E-state index contributed by atoms with van der Waals surface area (Å²) in [4.78, 5) is 10.8. The van der Waals surface area contributed by atoms with Crippen LogP contribution in [0.3, 0.4) is 0 Å².